The van der Waals surface area contributed by atoms with Gasteiger partial charge in [0.05, 0.1) is 0 Å². The summed E-state index contributed by atoms with van der Waals surface area (Å²) in [6.45, 7) is 5.60. The van der Waals surface area contributed by atoms with Crippen LogP contribution in [0.15, 0.2) is 152 Å². The van der Waals surface area contributed by atoms with E-state index in [1.54, 1.807) is 6.07 Å². The summed E-state index contributed by atoms with van der Waals surface area (Å²) in [5, 5.41) is 14.3. The van der Waals surface area contributed by atoms with Crippen molar-refractivity contribution < 1.29 is 30.8 Å². The summed E-state index contributed by atoms with van der Waals surface area (Å²) in [6, 6.07) is 52.0. The first-order chi connectivity index (χ1) is 24.3. The SMILES string of the molecule is CC(C)(C)c1ccnc(-n2c3[c-]c(Oc4cccc(B(O)c5c(-c6ccccc6)cccc5-c5ccccc5)n4)ccc3c3ccccc32)c1.[Pt]. The molecule has 0 aliphatic heterocycles. The third-order valence-electron chi connectivity index (χ3n) is 9.19. The molecule has 5 nitrogen and oxygen atoms in total. The Morgan fingerprint density at radius 2 is 1.33 bits per heavy atom. The fraction of sp³-hybridized carbons (Fsp3) is 0.0909. The quantitative estimate of drug-likeness (QED) is 0.129. The number of rotatable bonds is 7. The normalized spacial score (nSPS) is 11.4. The molecule has 5 aromatic carbocycles. The maximum atomic E-state index is 12.1. The van der Waals surface area contributed by atoms with Crippen molar-refractivity contribution in [2.24, 2.45) is 0 Å². The summed E-state index contributed by atoms with van der Waals surface area (Å²) in [7, 11) is 0. The first-order valence-electron chi connectivity index (χ1n) is 16.8. The molecule has 1 N–H and O–H groups in total. The van der Waals surface area contributed by atoms with Crippen molar-refractivity contribution in [3.8, 4) is 39.7 Å². The summed E-state index contributed by atoms with van der Waals surface area (Å²) in [5.41, 5.74) is 8.29. The summed E-state index contributed by atoms with van der Waals surface area (Å²) in [5.74, 6) is 1.71. The molecular formula is C44H35BN3O2Pt-. The number of para-hydroxylation sites is 1. The Bertz CT molecular complexity index is 2420. The smallest absolute Gasteiger partial charge is 0.379 e. The van der Waals surface area contributed by atoms with Crippen LogP contribution in [0.4, 0.5) is 0 Å². The zero-order chi connectivity index (χ0) is 34.2. The first kappa shape index (κ1) is 34.2. The molecule has 0 bridgehead atoms. The molecule has 0 aliphatic carbocycles. The Kier molecular flexibility index (Phi) is 9.48. The van der Waals surface area contributed by atoms with Crippen molar-refractivity contribution >= 4 is 39.8 Å². The molecule has 0 aliphatic rings. The second kappa shape index (κ2) is 14.1. The molecule has 3 aromatic heterocycles. The number of hydrogen-bond donors (Lipinski definition) is 1. The largest absolute Gasteiger partial charge is 0.466 e. The van der Waals surface area contributed by atoms with Crippen LogP contribution in [0.5, 0.6) is 11.6 Å². The van der Waals surface area contributed by atoms with E-state index in [9.17, 15) is 5.02 Å². The van der Waals surface area contributed by atoms with E-state index in [1.807, 2.05) is 72.9 Å². The molecular weight excluding hydrogens is 808 g/mol. The number of aromatic nitrogens is 3. The van der Waals surface area contributed by atoms with Gasteiger partial charge in [-0.3, -0.25) is 0 Å². The summed E-state index contributed by atoms with van der Waals surface area (Å²) in [4.78, 5) is 9.63. The van der Waals surface area contributed by atoms with Crippen LogP contribution in [0.25, 0.3) is 49.9 Å². The van der Waals surface area contributed by atoms with Gasteiger partial charge in [0, 0.05) is 50.2 Å². The van der Waals surface area contributed by atoms with Gasteiger partial charge in [-0.05, 0) is 68.3 Å². The Balaban J connectivity index is 0.00000406. The van der Waals surface area contributed by atoms with E-state index < -0.39 is 6.92 Å². The minimum Gasteiger partial charge on any atom is -0.466 e. The molecule has 0 saturated carbocycles. The van der Waals surface area contributed by atoms with Gasteiger partial charge >= 0.3 is 6.92 Å². The van der Waals surface area contributed by atoms with Crippen molar-refractivity contribution in [3.63, 3.8) is 0 Å². The van der Waals surface area contributed by atoms with Crippen LogP contribution >= 0.6 is 0 Å². The standard InChI is InChI=1S/C44H35BN3O2.Pt/c1-44(2,3)32-26-27-46-41(28-32)48-38-21-11-10-18-36(38)37-25-24-33(29-39(37)48)50-42-23-13-22-40(47-42)45(49)43-34(30-14-6-4-7-15-30)19-12-20-35(43)31-16-8-5-9-17-31;/h4-28,49H,1-3H3;/q-1;. The van der Waals surface area contributed by atoms with Gasteiger partial charge in [-0.2, -0.15) is 6.07 Å². The zero-order valence-electron chi connectivity index (χ0n) is 28.5. The van der Waals surface area contributed by atoms with Crippen LogP contribution in [-0.4, -0.2) is 26.5 Å². The van der Waals surface area contributed by atoms with Gasteiger partial charge in [0.1, 0.15) is 5.82 Å². The maximum absolute atomic E-state index is 12.1. The van der Waals surface area contributed by atoms with E-state index in [0.29, 0.717) is 17.2 Å². The number of pyridine rings is 2. The predicted molar refractivity (Wildman–Crippen MR) is 205 cm³/mol. The van der Waals surface area contributed by atoms with Crippen LogP contribution in [0.1, 0.15) is 26.3 Å². The van der Waals surface area contributed by atoms with E-state index in [1.165, 1.54) is 5.56 Å². The topological polar surface area (TPSA) is 60.2 Å². The van der Waals surface area contributed by atoms with Gasteiger partial charge in [-0.15, -0.1) is 17.5 Å². The molecule has 0 saturated heterocycles. The number of hydrogen-bond acceptors (Lipinski definition) is 4. The zero-order valence-corrected chi connectivity index (χ0v) is 30.8. The van der Waals surface area contributed by atoms with E-state index >= 15 is 0 Å². The van der Waals surface area contributed by atoms with Gasteiger partial charge < -0.3 is 14.3 Å². The summed E-state index contributed by atoms with van der Waals surface area (Å²) >= 11 is 0. The minimum absolute atomic E-state index is 0. The second-order valence-corrected chi connectivity index (χ2v) is 13.5. The molecule has 8 aromatic rings. The average molecular weight is 844 g/mol. The third-order valence-corrected chi connectivity index (χ3v) is 9.19. The second-order valence-electron chi connectivity index (χ2n) is 13.5. The fourth-order valence-electron chi connectivity index (χ4n) is 6.68. The minimum atomic E-state index is -1.01. The molecule has 0 fully saturated rings. The molecule has 51 heavy (non-hydrogen) atoms. The average Bonchev–Trinajstić information content (AvgIpc) is 3.48. The Morgan fingerprint density at radius 3 is 2.02 bits per heavy atom. The monoisotopic (exact) mass is 843 g/mol. The summed E-state index contributed by atoms with van der Waals surface area (Å²) in [6.07, 6.45) is 1.87. The van der Waals surface area contributed by atoms with Gasteiger partial charge in [0.25, 0.3) is 0 Å². The van der Waals surface area contributed by atoms with Gasteiger partial charge in [-0.25, -0.2) is 9.97 Å². The number of benzene rings is 5. The molecule has 0 spiro atoms. The van der Waals surface area contributed by atoms with Crippen LogP contribution in [-0.2, 0) is 26.5 Å². The van der Waals surface area contributed by atoms with Crippen molar-refractivity contribution in [2.45, 2.75) is 26.2 Å². The Hall–Kier alpha value is -5.29. The first-order valence-corrected chi connectivity index (χ1v) is 16.8. The number of fused-ring (bicyclic) bond motifs is 3. The van der Waals surface area contributed by atoms with E-state index in [-0.39, 0.29) is 26.5 Å². The van der Waals surface area contributed by atoms with Crippen LogP contribution in [0.3, 0.4) is 0 Å². The van der Waals surface area contributed by atoms with Crippen LogP contribution < -0.4 is 15.8 Å². The molecule has 7 heteroatoms. The van der Waals surface area contributed by atoms with E-state index in [0.717, 1.165) is 55.3 Å². The van der Waals surface area contributed by atoms with Gasteiger partial charge in [-0.1, -0.05) is 129 Å². The van der Waals surface area contributed by atoms with Crippen molar-refractivity contribution in [3.05, 3.63) is 163 Å². The third kappa shape index (κ3) is 6.66. The maximum Gasteiger partial charge on any atom is 0.379 e. The molecule has 0 unspecified atom stereocenters. The molecule has 3 heterocycles. The number of nitrogens with zero attached hydrogens (tertiary/aromatic N) is 3. The van der Waals surface area contributed by atoms with Crippen LogP contribution in [0, 0.1) is 6.07 Å². The molecule has 0 radical (unpaired) electrons. The van der Waals surface area contributed by atoms with Crippen LogP contribution in [0.2, 0.25) is 0 Å². The van der Waals surface area contributed by atoms with Crippen molar-refractivity contribution in [1.29, 1.82) is 0 Å². The van der Waals surface area contributed by atoms with Crippen molar-refractivity contribution in [1.82, 2.24) is 14.5 Å². The summed E-state index contributed by atoms with van der Waals surface area (Å²) < 4.78 is 8.54. The van der Waals surface area contributed by atoms with Gasteiger partial charge in [0.2, 0.25) is 5.88 Å². The number of ether oxygens (including phenoxy) is 1. The van der Waals surface area contributed by atoms with Gasteiger partial charge in [0.15, 0.2) is 0 Å². The van der Waals surface area contributed by atoms with E-state index in [2.05, 4.69) is 104 Å². The molecule has 252 valence electrons. The molecule has 0 atom stereocenters. The fourth-order valence-corrected chi connectivity index (χ4v) is 6.68. The molecule has 0 amide bonds. The van der Waals surface area contributed by atoms with E-state index in [4.69, 9.17) is 14.7 Å². The Morgan fingerprint density at radius 1 is 0.686 bits per heavy atom. The molecule has 8 rings (SSSR count). The Labute approximate surface area is 313 Å². The van der Waals surface area contributed by atoms with Crippen molar-refractivity contribution in [2.75, 3.05) is 0 Å². The predicted octanol–water partition coefficient (Wildman–Crippen LogP) is 8.89.